The maximum Gasteiger partial charge on any atom is 0.231 e. The lowest BCUT2D eigenvalue weighted by molar-refractivity contribution is 0.130. The molecule has 0 amide bonds. The Bertz CT molecular complexity index is 759. The second-order valence-electron chi connectivity index (χ2n) is 7.13. The zero-order chi connectivity index (χ0) is 17.9. The summed E-state index contributed by atoms with van der Waals surface area (Å²) >= 11 is 0. The number of benzene rings is 1. The molecule has 26 heavy (non-hydrogen) atoms. The van der Waals surface area contributed by atoms with Gasteiger partial charge in [-0.1, -0.05) is 6.42 Å². The van der Waals surface area contributed by atoms with Gasteiger partial charge in [-0.2, -0.15) is 0 Å². The van der Waals surface area contributed by atoms with Crippen LogP contribution in [0, 0.1) is 0 Å². The molecule has 0 aliphatic carbocycles. The van der Waals surface area contributed by atoms with Gasteiger partial charge >= 0.3 is 0 Å². The molecular formula is C20H27N3O3. The van der Waals surface area contributed by atoms with E-state index in [1.165, 1.54) is 24.8 Å². The van der Waals surface area contributed by atoms with Crippen molar-refractivity contribution in [1.82, 2.24) is 14.5 Å². The minimum absolute atomic E-state index is 0.290. The van der Waals surface area contributed by atoms with E-state index in [0.717, 1.165) is 49.0 Å². The van der Waals surface area contributed by atoms with Crippen LogP contribution in [0.1, 0.15) is 37.1 Å². The summed E-state index contributed by atoms with van der Waals surface area (Å²) < 4.78 is 18.8. The van der Waals surface area contributed by atoms with Crippen molar-refractivity contribution >= 4 is 0 Å². The lowest BCUT2D eigenvalue weighted by atomic mass is 9.96. The number of fused-ring (bicyclic) bond motifs is 1. The number of likely N-dealkylation sites (tertiary alicyclic amines) is 1. The highest BCUT2D eigenvalue weighted by Gasteiger charge is 2.25. The highest BCUT2D eigenvalue weighted by atomic mass is 16.7. The number of aromatic nitrogens is 2. The number of imidazole rings is 1. The average Bonchev–Trinajstić information content (AvgIpc) is 3.28. The summed E-state index contributed by atoms with van der Waals surface area (Å²) in [6, 6.07) is 4.60. The maximum atomic E-state index is 5.61. The average molecular weight is 357 g/mol. The SMILES string of the molecule is COc1cc2c(cc1CN1CCCC[C@@H]1CCc1nccn1C)OCO2. The monoisotopic (exact) mass is 357 g/mol. The molecule has 0 radical (unpaired) electrons. The van der Waals surface area contributed by atoms with Crippen LogP contribution in [0.25, 0.3) is 0 Å². The molecule has 0 saturated carbocycles. The van der Waals surface area contributed by atoms with Crippen LogP contribution in [0.4, 0.5) is 0 Å². The topological polar surface area (TPSA) is 48.8 Å². The van der Waals surface area contributed by atoms with E-state index in [4.69, 9.17) is 14.2 Å². The van der Waals surface area contributed by atoms with Crippen molar-refractivity contribution in [3.05, 3.63) is 35.9 Å². The molecular weight excluding hydrogens is 330 g/mol. The van der Waals surface area contributed by atoms with Gasteiger partial charge in [-0.15, -0.1) is 0 Å². The van der Waals surface area contributed by atoms with Crippen molar-refractivity contribution in [3.63, 3.8) is 0 Å². The number of aryl methyl sites for hydroxylation is 2. The Labute approximate surface area is 154 Å². The van der Waals surface area contributed by atoms with Crippen LogP contribution in [0.5, 0.6) is 17.2 Å². The standard InChI is InChI=1S/C20H27N3O3/c1-22-10-8-21-20(22)7-6-16-5-3-4-9-23(16)13-15-11-18-19(26-14-25-18)12-17(15)24-2/h8,10-12,16H,3-7,9,13-14H2,1-2H3/t16-/m1/s1. The first-order valence-corrected chi connectivity index (χ1v) is 9.41. The molecule has 3 heterocycles. The van der Waals surface area contributed by atoms with Gasteiger partial charge in [-0.25, -0.2) is 4.98 Å². The first-order valence-electron chi connectivity index (χ1n) is 9.41. The molecule has 0 N–H and O–H groups in total. The molecule has 1 aromatic carbocycles. The largest absolute Gasteiger partial charge is 0.496 e. The summed E-state index contributed by atoms with van der Waals surface area (Å²) in [5.41, 5.74) is 1.17. The second kappa shape index (κ2) is 7.58. The molecule has 1 saturated heterocycles. The smallest absolute Gasteiger partial charge is 0.231 e. The van der Waals surface area contributed by atoms with Crippen LogP contribution in [0.3, 0.4) is 0 Å². The van der Waals surface area contributed by atoms with E-state index in [-0.39, 0.29) is 6.79 Å². The van der Waals surface area contributed by atoms with E-state index in [2.05, 4.69) is 27.6 Å². The summed E-state index contributed by atoms with van der Waals surface area (Å²) in [4.78, 5) is 7.06. The number of rotatable bonds is 6. The third-order valence-electron chi connectivity index (χ3n) is 5.52. The van der Waals surface area contributed by atoms with E-state index >= 15 is 0 Å². The van der Waals surface area contributed by atoms with Crippen molar-refractivity contribution in [3.8, 4) is 17.2 Å². The zero-order valence-electron chi connectivity index (χ0n) is 15.6. The van der Waals surface area contributed by atoms with Crippen molar-refractivity contribution in [2.24, 2.45) is 7.05 Å². The number of nitrogens with zero attached hydrogens (tertiary/aromatic N) is 3. The van der Waals surface area contributed by atoms with Gasteiger partial charge in [0.1, 0.15) is 11.6 Å². The number of hydrogen-bond acceptors (Lipinski definition) is 5. The minimum Gasteiger partial charge on any atom is -0.496 e. The number of hydrogen-bond donors (Lipinski definition) is 0. The van der Waals surface area contributed by atoms with E-state index in [9.17, 15) is 0 Å². The van der Waals surface area contributed by atoms with E-state index < -0.39 is 0 Å². The molecule has 2 aliphatic heterocycles. The summed E-state index contributed by atoms with van der Waals surface area (Å²) in [5.74, 6) is 3.64. The molecule has 0 unspecified atom stereocenters. The highest BCUT2D eigenvalue weighted by Crippen LogP contribution is 2.39. The van der Waals surface area contributed by atoms with E-state index in [0.29, 0.717) is 6.04 Å². The molecule has 1 atom stereocenters. The Morgan fingerprint density at radius 2 is 2.08 bits per heavy atom. The summed E-state index contributed by atoms with van der Waals surface area (Å²) in [6.07, 6.45) is 9.86. The van der Waals surface area contributed by atoms with Crippen LogP contribution in [-0.4, -0.2) is 40.9 Å². The fourth-order valence-electron chi connectivity index (χ4n) is 4.03. The molecule has 4 rings (SSSR count). The van der Waals surface area contributed by atoms with Gasteiger partial charge in [0, 0.05) is 50.1 Å². The van der Waals surface area contributed by atoms with Gasteiger partial charge in [0.25, 0.3) is 0 Å². The van der Waals surface area contributed by atoms with Crippen molar-refractivity contribution in [2.45, 2.75) is 44.7 Å². The van der Waals surface area contributed by atoms with E-state index in [1.54, 1.807) is 7.11 Å². The normalized spacial score (nSPS) is 19.7. The number of piperidine rings is 1. The highest BCUT2D eigenvalue weighted by molar-refractivity contribution is 5.51. The molecule has 0 bridgehead atoms. The molecule has 1 aromatic heterocycles. The van der Waals surface area contributed by atoms with Gasteiger partial charge in [-0.3, -0.25) is 4.90 Å². The third kappa shape index (κ3) is 3.51. The summed E-state index contributed by atoms with van der Waals surface area (Å²) in [7, 11) is 3.79. The lowest BCUT2D eigenvalue weighted by Gasteiger charge is -2.36. The molecule has 6 nitrogen and oxygen atoms in total. The van der Waals surface area contributed by atoms with Crippen molar-refractivity contribution in [2.75, 3.05) is 20.4 Å². The van der Waals surface area contributed by atoms with Crippen LogP contribution in [-0.2, 0) is 20.0 Å². The Morgan fingerprint density at radius 3 is 2.85 bits per heavy atom. The van der Waals surface area contributed by atoms with Crippen molar-refractivity contribution < 1.29 is 14.2 Å². The summed E-state index contributed by atoms with van der Waals surface area (Å²) in [6.45, 7) is 2.30. The van der Waals surface area contributed by atoms with E-state index in [1.807, 2.05) is 18.5 Å². The number of methoxy groups -OCH3 is 1. The molecule has 6 heteroatoms. The predicted molar refractivity (Wildman–Crippen MR) is 98.7 cm³/mol. The Balaban J connectivity index is 1.47. The van der Waals surface area contributed by atoms with Crippen LogP contribution >= 0.6 is 0 Å². The molecule has 1 fully saturated rings. The van der Waals surface area contributed by atoms with Gasteiger partial charge < -0.3 is 18.8 Å². The predicted octanol–water partition coefficient (Wildman–Crippen LogP) is 3.14. The van der Waals surface area contributed by atoms with Crippen LogP contribution in [0.15, 0.2) is 24.5 Å². The quantitative estimate of drug-likeness (QED) is 0.795. The molecule has 140 valence electrons. The molecule has 0 spiro atoms. The summed E-state index contributed by atoms with van der Waals surface area (Å²) in [5, 5.41) is 0. The first-order chi connectivity index (χ1) is 12.7. The van der Waals surface area contributed by atoms with Gasteiger partial charge in [0.05, 0.1) is 7.11 Å². The Morgan fingerprint density at radius 1 is 1.23 bits per heavy atom. The van der Waals surface area contributed by atoms with Gasteiger partial charge in [0.15, 0.2) is 11.5 Å². The van der Waals surface area contributed by atoms with Gasteiger partial charge in [-0.05, 0) is 31.9 Å². The van der Waals surface area contributed by atoms with Crippen LogP contribution < -0.4 is 14.2 Å². The van der Waals surface area contributed by atoms with Crippen molar-refractivity contribution in [1.29, 1.82) is 0 Å². The van der Waals surface area contributed by atoms with Gasteiger partial charge in [0.2, 0.25) is 6.79 Å². The first kappa shape index (κ1) is 17.2. The minimum atomic E-state index is 0.290. The third-order valence-corrected chi connectivity index (χ3v) is 5.52. The number of ether oxygens (including phenoxy) is 3. The fourth-order valence-corrected chi connectivity index (χ4v) is 4.03. The Kier molecular flexibility index (Phi) is 5.02. The van der Waals surface area contributed by atoms with Crippen LogP contribution in [0.2, 0.25) is 0 Å². The fraction of sp³-hybridized carbons (Fsp3) is 0.550. The molecule has 2 aromatic rings. The lowest BCUT2D eigenvalue weighted by Crippen LogP contribution is -2.39. The second-order valence-corrected chi connectivity index (χ2v) is 7.13. The molecule has 2 aliphatic rings. The zero-order valence-corrected chi connectivity index (χ0v) is 15.6. The maximum absolute atomic E-state index is 5.61. The Hall–Kier alpha value is -2.21.